The van der Waals surface area contributed by atoms with Gasteiger partial charge in [-0.05, 0) is 346 Å². The van der Waals surface area contributed by atoms with Gasteiger partial charge in [0.25, 0.3) is 5.91 Å². The van der Waals surface area contributed by atoms with E-state index in [2.05, 4.69) is 213 Å². The number of pyridine rings is 1. The lowest BCUT2D eigenvalue weighted by Gasteiger charge is -2.35. The Balaban J connectivity index is 0.000000135. The number of hydrogen-bond acceptors (Lipinski definition) is 12. The number of nitrogens with zero attached hydrogens (tertiary/aromatic N) is 4. The molecule has 3 aliphatic heterocycles. The fourth-order valence-corrected chi connectivity index (χ4v) is 22.9. The quantitative estimate of drug-likeness (QED) is 0.0249. The third-order valence-electron chi connectivity index (χ3n) is 31.0. The molecule has 3 atom stereocenters. The minimum atomic E-state index is -0.160. The molecule has 149 heavy (non-hydrogen) atoms. The van der Waals surface area contributed by atoms with Gasteiger partial charge in [0.15, 0.2) is 0 Å². The van der Waals surface area contributed by atoms with Gasteiger partial charge in [0.05, 0.1) is 70.8 Å². The number of hydrogen-bond donors (Lipinski definition) is 8. The monoisotopic (exact) mass is 1990 g/mol. The second-order valence-electron chi connectivity index (χ2n) is 41.8. The Morgan fingerprint density at radius 3 is 1.03 bits per heavy atom. The first kappa shape index (κ1) is 105. The normalized spacial score (nSPS) is 20.1. The van der Waals surface area contributed by atoms with Crippen LogP contribution in [0.1, 0.15) is 243 Å². The van der Waals surface area contributed by atoms with Crippen LogP contribution in [-0.2, 0) is 12.8 Å². The van der Waals surface area contributed by atoms with Crippen LogP contribution < -0.4 is 50.2 Å². The Bertz CT molecular complexity index is 6800. The molecule has 4 aliphatic carbocycles. The fourth-order valence-electron chi connectivity index (χ4n) is 22.9. The van der Waals surface area contributed by atoms with Crippen molar-refractivity contribution in [3.8, 4) is 61.8 Å². The highest BCUT2D eigenvalue weighted by atomic mass is 16.5. The number of rotatable bonds is 25. The molecule has 0 radical (unpaired) electrons. The number of allylic oxidation sites excluding steroid dienone is 4. The van der Waals surface area contributed by atoms with E-state index in [0.29, 0.717) is 95.6 Å². The Kier molecular flexibility index (Phi) is 35.4. The van der Waals surface area contributed by atoms with Crippen molar-refractivity contribution in [2.75, 3.05) is 55.6 Å². The number of fused-ring (bicyclic) bond motifs is 4. The number of nitrogens with one attached hydrogen (secondary N) is 4. The summed E-state index contributed by atoms with van der Waals surface area (Å²) in [6, 6.07) is 96.3. The average molecular weight is 1990 g/mol. The molecule has 8 N–H and O–H groups in total. The van der Waals surface area contributed by atoms with Crippen molar-refractivity contribution in [1.29, 1.82) is 0 Å². The van der Waals surface area contributed by atoms with Crippen LogP contribution in [0.25, 0.3) is 55.4 Å². The number of ether oxygens (including phenoxy) is 3. The van der Waals surface area contributed by atoms with Crippen molar-refractivity contribution in [3.63, 3.8) is 0 Å². The molecular formula is C130H144N8O11. The molecule has 770 valence electrons. The number of aromatic nitrogens is 1. The fraction of sp³-hybridized carbons (Fsp3) is 0.331. The second kappa shape index (κ2) is 50.1. The van der Waals surface area contributed by atoms with E-state index < -0.39 is 0 Å². The molecule has 4 saturated carbocycles. The highest BCUT2D eigenvalue weighted by Gasteiger charge is 2.35. The lowest BCUT2D eigenvalue weighted by atomic mass is 9.77. The minimum Gasteiger partial charge on any atom is -0.513 e. The topological polar surface area (TPSA) is 248 Å². The summed E-state index contributed by atoms with van der Waals surface area (Å²) in [6.45, 7) is 26.4. The summed E-state index contributed by atoms with van der Waals surface area (Å²) < 4.78 is 18.6. The first-order valence-corrected chi connectivity index (χ1v) is 53.9. The number of aryl methyl sites for hydroxylation is 2. The molecule has 7 aliphatic rings. The number of amides is 7. The maximum absolute atomic E-state index is 13.3. The lowest BCUT2D eigenvalue weighted by Crippen LogP contribution is -2.45. The number of para-hydroxylation sites is 4. The largest absolute Gasteiger partial charge is 0.513 e. The average Bonchev–Trinajstić information content (AvgIpc) is 0.778. The van der Waals surface area contributed by atoms with Gasteiger partial charge in [-0.2, -0.15) is 0 Å². The molecule has 19 nitrogen and oxygen atoms in total. The predicted octanol–water partition coefficient (Wildman–Crippen LogP) is 33.5. The van der Waals surface area contributed by atoms with Gasteiger partial charge in [-0.15, -0.1) is 0 Å². The zero-order valence-electron chi connectivity index (χ0n) is 86.9. The molecule has 0 saturated heterocycles. The van der Waals surface area contributed by atoms with Gasteiger partial charge in [0, 0.05) is 60.0 Å². The summed E-state index contributed by atoms with van der Waals surface area (Å²) in [5, 5.41) is 51.1. The Hall–Kier alpha value is -15.1. The number of aliphatic hydroxyl groups is 4. The van der Waals surface area contributed by atoms with E-state index >= 15 is 0 Å². The van der Waals surface area contributed by atoms with Crippen LogP contribution >= 0.6 is 0 Å². The maximum atomic E-state index is 13.3. The van der Waals surface area contributed by atoms with E-state index in [0.717, 1.165) is 278 Å². The molecule has 7 amide bonds. The molecule has 4 fully saturated rings. The maximum Gasteiger partial charge on any atom is 0.326 e. The Morgan fingerprint density at radius 1 is 0.342 bits per heavy atom. The number of carbonyl (C=O) groups excluding carboxylic acids is 4. The summed E-state index contributed by atoms with van der Waals surface area (Å²) in [5.41, 5.74) is 23.7. The summed E-state index contributed by atoms with van der Waals surface area (Å²) in [5.74, 6) is 7.87. The van der Waals surface area contributed by atoms with Crippen LogP contribution in [0.2, 0.25) is 0 Å². The smallest absolute Gasteiger partial charge is 0.326 e. The lowest BCUT2D eigenvalue weighted by molar-refractivity contribution is 0.102. The van der Waals surface area contributed by atoms with Crippen molar-refractivity contribution in [2.45, 2.75) is 231 Å². The molecule has 12 aromatic carbocycles. The third-order valence-corrected chi connectivity index (χ3v) is 31.0. The van der Waals surface area contributed by atoms with Gasteiger partial charge in [-0.3, -0.25) is 24.5 Å². The van der Waals surface area contributed by atoms with Crippen molar-refractivity contribution in [1.82, 2.24) is 4.98 Å². The van der Waals surface area contributed by atoms with E-state index in [1.807, 2.05) is 153 Å². The van der Waals surface area contributed by atoms with E-state index in [1.54, 1.807) is 27.0 Å². The molecule has 1 aromatic heterocycles. The summed E-state index contributed by atoms with van der Waals surface area (Å²) >= 11 is 0. The van der Waals surface area contributed by atoms with Crippen molar-refractivity contribution in [3.05, 3.63) is 380 Å². The number of carbonyl (C=O) groups is 4. The summed E-state index contributed by atoms with van der Waals surface area (Å²) in [7, 11) is 0. The van der Waals surface area contributed by atoms with Crippen LogP contribution in [0.3, 0.4) is 0 Å². The van der Waals surface area contributed by atoms with Crippen LogP contribution in [0, 0.1) is 23.7 Å². The van der Waals surface area contributed by atoms with Gasteiger partial charge in [-0.25, -0.2) is 14.4 Å². The predicted molar refractivity (Wildman–Crippen MR) is 608 cm³/mol. The van der Waals surface area contributed by atoms with E-state index in [-0.39, 0.29) is 42.3 Å². The molecule has 0 spiro atoms. The van der Waals surface area contributed by atoms with Gasteiger partial charge >= 0.3 is 18.1 Å². The zero-order chi connectivity index (χ0) is 104. The van der Waals surface area contributed by atoms with Crippen LogP contribution in [0.15, 0.2) is 341 Å². The van der Waals surface area contributed by atoms with Crippen LogP contribution in [-0.4, -0.2) is 87.4 Å². The number of benzene rings is 12. The minimum absolute atomic E-state index is 0.0511. The van der Waals surface area contributed by atoms with Crippen LogP contribution in [0.4, 0.5) is 54.2 Å². The Labute approximate surface area is 879 Å². The molecule has 13 aromatic rings. The molecule has 4 heterocycles. The first-order valence-electron chi connectivity index (χ1n) is 53.9. The zero-order valence-corrected chi connectivity index (χ0v) is 86.9. The molecule has 20 rings (SSSR count). The van der Waals surface area contributed by atoms with Gasteiger partial charge in [0.1, 0.15) is 35.6 Å². The third kappa shape index (κ3) is 27.5. The van der Waals surface area contributed by atoms with Crippen LogP contribution in [0.5, 0.6) is 17.2 Å². The summed E-state index contributed by atoms with van der Waals surface area (Å²) in [4.78, 5) is 62.6. The first-order chi connectivity index (χ1) is 72.4. The van der Waals surface area contributed by atoms with Crippen molar-refractivity contribution in [2.24, 2.45) is 23.7 Å². The molecule has 0 bridgehead atoms. The number of anilines is 7. The van der Waals surface area contributed by atoms with Gasteiger partial charge in [0.2, 0.25) is 0 Å². The highest BCUT2D eigenvalue weighted by Crippen LogP contribution is 2.48. The van der Waals surface area contributed by atoms with E-state index in [4.69, 9.17) is 14.2 Å². The summed E-state index contributed by atoms with van der Waals surface area (Å²) in [6.07, 6.45) is 26.4. The number of urea groups is 3. The van der Waals surface area contributed by atoms with E-state index in [1.165, 1.54) is 22.3 Å². The number of aliphatic hydroxyl groups excluding tert-OH is 4. The highest BCUT2D eigenvalue weighted by molar-refractivity contribution is 6.13. The second-order valence-corrected chi connectivity index (χ2v) is 41.8. The van der Waals surface area contributed by atoms with E-state index in [9.17, 15) is 39.6 Å². The van der Waals surface area contributed by atoms with Crippen molar-refractivity contribution >= 4 is 74.7 Å². The molecule has 3 unspecified atom stereocenters. The van der Waals surface area contributed by atoms with Gasteiger partial charge < -0.3 is 55.9 Å². The standard InChI is InChI=1S/C34H36N2O2.C33H38N2O3.C32H36N2O3.C31H34N2O3/c1-3-6-28-7-4-5-8-32(28)36-34(38)31-19-20-35-33-22-29(17-18-30(31)33)27-15-13-26(14-16-27)25-11-9-24(10-12-25)21-23(2)37;1-4-25-7-5-6-8-30(25)34-33(37)35-21-23(3)38-32-20-29(17-18-31(32)35)28-15-13-27(14-16-28)26-11-9-24(10-12-26)19-22(2)36;1-3-29-21-34(32(36)33-28-7-5-4-6-8-28)30-18-17-27(20-31(30)37-29)26-15-13-25(14-16-26)24-11-9-23(10-12-24)19-22(2)35;1-21(34)18-23-8-10-24(11-9-23)25-12-14-26(15-13-25)27-16-17-29-30(19-27)36-22(2)20-33(29)31(35)32-28-6-4-3-5-7-28/h4-5,7-8,13-20,22,24-25,37H,2-3,6,9-12,21H2,1H3,(H,36,38);5-8,13-18,20,23-24,26,36H,2,4,9-12,19,21H2,1,3H3,(H,34,37);4-8,13-18,20,23-24,29,35H,2-3,9-12,19,21H2,1H3,(H,33,36);3-7,12-17,19,22-24,34H,1,8-11,18,20H2,2H3,(H,32,35). The molecule has 19 heteroatoms. The molecular weight excluding hydrogens is 1850 g/mol. The van der Waals surface area contributed by atoms with Crippen molar-refractivity contribution < 1.29 is 53.8 Å². The van der Waals surface area contributed by atoms with Gasteiger partial charge in [-0.1, -0.05) is 254 Å². The SMILES string of the molecule is C=C(O)CC1CCC(c2ccc(-c3ccc4c(C(=O)Nc5ccccc5CCC)ccnc4c3)cc2)CC1.C=C(O)CC1CCC(c2ccc(-c3ccc4c(c3)OC(C)CN4C(=O)Nc3ccccc3)cc2)CC1.C=C(O)CC1CCC(c2ccc(-c3ccc4c(c3)OC(C)CN4C(=O)Nc3ccccc3CC)cc2)CC1.C=C(O)CC1CCC(c2ccc(-c3ccc4c(c3)OC(CC)CN4C(=O)Nc3ccccc3)cc2)CC1. The Morgan fingerprint density at radius 2 is 0.664 bits per heavy atom.